The zero-order valence-electron chi connectivity index (χ0n) is 11.1. The maximum Gasteiger partial charge on any atom is 0.256 e. The van der Waals surface area contributed by atoms with Crippen molar-refractivity contribution >= 4 is 44.8 Å². The number of nitrogen functional groups attached to an aromatic ring is 1. The Balaban J connectivity index is 2.33. The highest BCUT2D eigenvalue weighted by Crippen LogP contribution is 2.26. The number of anilines is 2. The summed E-state index contributed by atoms with van der Waals surface area (Å²) >= 11 is 9.22. The van der Waals surface area contributed by atoms with Gasteiger partial charge in [0.05, 0.1) is 5.56 Å². The smallest absolute Gasteiger partial charge is 0.256 e. The molecule has 0 spiro atoms. The summed E-state index contributed by atoms with van der Waals surface area (Å²) in [6.07, 6.45) is 0. The van der Waals surface area contributed by atoms with Crippen LogP contribution >= 0.6 is 27.5 Å². The van der Waals surface area contributed by atoms with Crippen LogP contribution in [0.25, 0.3) is 0 Å². The topological polar surface area (TPSA) is 55.1 Å². The van der Waals surface area contributed by atoms with Gasteiger partial charge in [0.2, 0.25) is 0 Å². The van der Waals surface area contributed by atoms with E-state index in [4.69, 9.17) is 17.3 Å². The third-order valence-electron chi connectivity index (χ3n) is 2.97. The van der Waals surface area contributed by atoms with Crippen LogP contribution in [-0.4, -0.2) is 5.91 Å². The number of hydrogen-bond donors (Lipinski definition) is 2. The van der Waals surface area contributed by atoms with E-state index in [1.54, 1.807) is 18.2 Å². The van der Waals surface area contributed by atoms with Gasteiger partial charge in [-0.1, -0.05) is 11.6 Å². The van der Waals surface area contributed by atoms with Crippen molar-refractivity contribution in [2.24, 2.45) is 0 Å². The molecule has 0 bridgehead atoms. The van der Waals surface area contributed by atoms with E-state index < -0.39 is 0 Å². The van der Waals surface area contributed by atoms with E-state index in [1.807, 2.05) is 26.0 Å². The summed E-state index contributed by atoms with van der Waals surface area (Å²) < 4.78 is 0.660. The second kappa shape index (κ2) is 5.85. The average Bonchev–Trinajstić information content (AvgIpc) is 2.33. The molecule has 20 heavy (non-hydrogen) atoms. The Bertz CT molecular complexity index is 663. The number of hydrogen-bond acceptors (Lipinski definition) is 2. The summed E-state index contributed by atoms with van der Waals surface area (Å²) in [5.74, 6) is -0.190. The SMILES string of the molecule is Cc1cc(N)cc(C)c1NC(=O)c1ccc(Cl)cc1Br. The van der Waals surface area contributed by atoms with Gasteiger partial charge >= 0.3 is 0 Å². The fourth-order valence-electron chi connectivity index (χ4n) is 2.05. The maximum absolute atomic E-state index is 12.3. The second-order valence-corrected chi connectivity index (χ2v) is 5.90. The predicted octanol–water partition coefficient (Wildman–Crippen LogP) is 4.55. The highest BCUT2D eigenvalue weighted by Gasteiger charge is 2.13. The predicted molar refractivity (Wildman–Crippen MR) is 87.4 cm³/mol. The van der Waals surface area contributed by atoms with Crippen LogP contribution in [0.2, 0.25) is 5.02 Å². The van der Waals surface area contributed by atoms with Crippen LogP contribution < -0.4 is 11.1 Å². The number of carbonyl (C=O) groups is 1. The maximum atomic E-state index is 12.3. The molecule has 104 valence electrons. The highest BCUT2D eigenvalue weighted by molar-refractivity contribution is 9.10. The molecule has 2 aromatic carbocycles. The van der Waals surface area contributed by atoms with Crippen molar-refractivity contribution in [1.82, 2.24) is 0 Å². The van der Waals surface area contributed by atoms with Crippen LogP contribution in [0.15, 0.2) is 34.8 Å². The van der Waals surface area contributed by atoms with Crippen LogP contribution in [0, 0.1) is 13.8 Å². The lowest BCUT2D eigenvalue weighted by Gasteiger charge is -2.13. The quantitative estimate of drug-likeness (QED) is 0.778. The van der Waals surface area contributed by atoms with E-state index in [9.17, 15) is 4.79 Å². The third kappa shape index (κ3) is 3.14. The molecule has 0 aliphatic heterocycles. The molecule has 5 heteroatoms. The summed E-state index contributed by atoms with van der Waals surface area (Å²) in [5, 5.41) is 3.49. The highest BCUT2D eigenvalue weighted by atomic mass is 79.9. The summed E-state index contributed by atoms with van der Waals surface area (Å²) in [4.78, 5) is 12.3. The Hall–Kier alpha value is -1.52. The minimum Gasteiger partial charge on any atom is -0.399 e. The van der Waals surface area contributed by atoms with E-state index >= 15 is 0 Å². The molecule has 0 heterocycles. The molecular weight excluding hydrogens is 340 g/mol. The molecule has 0 aliphatic carbocycles. The van der Waals surface area contributed by atoms with Crippen molar-refractivity contribution in [3.63, 3.8) is 0 Å². The molecular formula is C15H14BrClN2O. The van der Waals surface area contributed by atoms with Crippen molar-refractivity contribution in [3.8, 4) is 0 Å². The molecule has 0 saturated heterocycles. The van der Waals surface area contributed by atoms with Crippen LogP contribution in [0.3, 0.4) is 0 Å². The van der Waals surface area contributed by atoms with Crippen molar-refractivity contribution in [1.29, 1.82) is 0 Å². The largest absolute Gasteiger partial charge is 0.399 e. The van der Waals surface area contributed by atoms with E-state index in [2.05, 4.69) is 21.2 Å². The summed E-state index contributed by atoms with van der Waals surface area (Å²) in [6.45, 7) is 3.83. The van der Waals surface area contributed by atoms with Gasteiger partial charge in [0.25, 0.3) is 5.91 Å². The first-order valence-electron chi connectivity index (χ1n) is 6.01. The summed E-state index contributed by atoms with van der Waals surface area (Å²) in [7, 11) is 0. The lowest BCUT2D eigenvalue weighted by Crippen LogP contribution is -2.14. The van der Waals surface area contributed by atoms with Crippen LogP contribution in [0.1, 0.15) is 21.5 Å². The number of nitrogens with one attached hydrogen (secondary N) is 1. The number of rotatable bonds is 2. The van der Waals surface area contributed by atoms with E-state index in [1.165, 1.54) is 0 Å². The summed E-state index contributed by atoms with van der Waals surface area (Å²) in [6, 6.07) is 8.73. The Labute approximate surface area is 131 Å². The van der Waals surface area contributed by atoms with Gasteiger partial charge in [-0.15, -0.1) is 0 Å². The van der Waals surface area contributed by atoms with Gasteiger partial charge in [0.15, 0.2) is 0 Å². The number of nitrogens with two attached hydrogens (primary N) is 1. The number of halogens is 2. The van der Waals surface area contributed by atoms with Crippen molar-refractivity contribution < 1.29 is 4.79 Å². The van der Waals surface area contributed by atoms with Gasteiger partial charge in [0, 0.05) is 20.9 Å². The lowest BCUT2D eigenvalue weighted by molar-refractivity contribution is 0.102. The standard InChI is InChI=1S/C15H14BrClN2O/c1-8-5-11(18)6-9(2)14(8)19-15(20)12-4-3-10(17)7-13(12)16/h3-7H,18H2,1-2H3,(H,19,20). The summed E-state index contributed by atoms with van der Waals surface area (Å²) in [5.41, 5.74) is 9.64. The molecule has 3 nitrogen and oxygen atoms in total. The number of amides is 1. The van der Waals surface area contributed by atoms with Gasteiger partial charge in [-0.05, 0) is 71.2 Å². The van der Waals surface area contributed by atoms with Gasteiger partial charge in [-0.3, -0.25) is 4.79 Å². The van der Waals surface area contributed by atoms with Gasteiger partial charge < -0.3 is 11.1 Å². The monoisotopic (exact) mass is 352 g/mol. The van der Waals surface area contributed by atoms with E-state index in [0.29, 0.717) is 20.7 Å². The minimum atomic E-state index is -0.190. The number of benzene rings is 2. The second-order valence-electron chi connectivity index (χ2n) is 4.61. The molecule has 2 aromatic rings. The fourth-order valence-corrected chi connectivity index (χ4v) is 2.91. The molecule has 0 unspecified atom stereocenters. The Morgan fingerprint density at radius 1 is 1.20 bits per heavy atom. The Morgan fingerprint density at radius 2 is 1.80 bits per heavy atom. The zero-order chi connectivity index (χ0) is 14.9. The van der Waals surface area contributed by atoms with E-state index in [-0.39, 0.29) is 5.91 Å². The molecule has 0 saturated carbocycles. The third-order valence-corrected chi connectivity index (χ3v) is 3.86. The first-order valence-corrected chi connectivity index (χ1v) is 7.18. The van der Waals surface area contributed by atoms with Crippen LogP contribution in [0.5, 0.6) is 0 Å². The number of aryl methyl sites for hydroxylation is 2. The van der Waals surface area contributed by atoms with Gasteiger partial charge in [0.1, 0.15) is 0 Å². The Morgan fingerprint density at radius 3 is 2.35 bits per heavy atom. The van der Waals surface area contributed by atoms with Crippen molar-refractivity contribution in [3.05, 3.63) is 56.5 Å². The minimum absolute atomic E-state index is 0.190. The average molecular weight is 354 g/mol. The fraction of sp³-hybridized carbons (Fsp3) is 0.133. The molecule has 0 fully saturated rings. The first kappa shape index (κ1) is 14.9. The molecule has 0 radical (unpaired) electrons. The van der Waals surface area contributed by atoms with Crippen LogP contribution in [-0.2, 0) is 0 Å². The lowest BCUT2D eigenvalue weighted by atomic mass is 10.1. The molecule has 0 aliphatic rings. The molecule has 0 atom stereocenters. The first-order chi connectivity index (χ1) is 9.38. The van der Waals surface area contributed by atoms with Crippen LogP contribution in [0.4, 0.5) is 11.4 Å². The Kier molecular flexibility index (Phi) is 4.35. The van der Waals surface area contributed by atoms with Gasteiger partial charge in [-0.2, -0.15) is 0 Å². The molecule has 2 rings (SSSR count). The normalized spacial score (nSPS) is 10.4. The molecule has 3 N–H and O–H groups in total. The van der Waals surface area contributed by atoms with E-state index in [0.717, 1.165) is 16.8 Å². The molecule has 0 aromatic heterocycles. The molecule has 1 amide bonds. The zero-order valence-corrected chi connectivity index (χ0v) is 13.5. The van der Waals surface area contributed by atoms with Crippen molar-refractivity contribution in [2.75, 3.05) is 11.1 Å². The van der Waals surface area contributed by atoms with Gasteiger partial charge in [-0.25, -0.2) is 0 Å². The van der Waals surface area contributed by atoms with Crippen molar-refractivity contribution in [2.45, 2.75) is 13.8 Å². The number of carbonyl (C=O) groups excluding carboxylic acids is 1.